The molecule has 7 nitrogen and oxygen atoms in total. The average molecular weight is 348 g/mol. The Labute approximate surface area is 141 Å². The number of nitrogens with one attached hydrogen (secondary N) is 1. The van der Waals surface area contributed by atoms with E-state index in [-0.39, 0.29) is 23.6 Å². The van der Waals surface area contributed by atoms with E-state index in [0.717, 1.165) is 5.69 Å². The number of rotatable bonds is 2. The van der Waals surface area contributed by atoms with E-state index >= 15 is 0 Å². The predicted octanol–water partition coefficient (Wildman–Crippen LogP) is 0.577. The van der Waals surface area contributed by atoms with Gasteiger partial charge in [-0.2, -0.15) is 5.26 Å². The van der Waals surface area contributed by atoms with Crippen molar-refractivity contribution in [3.63, 3.8) is 0 Å². The van der Waals surface area contributed by atoms with Crippen LogP contribution in [0, 0.1) is 11.3 Å². The summed E-state index contributed by atoms with van der Waals surface area (Å²) in [5, 5.41) is 12.0. The molecule has 1 aromatic carbocycles. The van der Waals surface area contributed by atoms with E-state index in [1.807, 2.05) is 18.2 Å². The summed E-state index contributed by atoms with van der Waals surface area (Å²) in [6, 6.07) is 9.14. The molecule has 0 aromatic heterocycles. The number of amides is 2. The molecule has 0 bridgehead atoms. The van der Waals surface area contributed by atoms with Crippen molar-refractivity contribution in [3.8, 4) is 6.07 Å². The van der Waals surface area contributed by atoms with E-state index in [1.54, 1.807) is 11.0 Å². The lowest BCUT2D eigenvalue weighted by Gasteiger charge is -2.36. The lowest BCUT2D eigenvalue weighted by atomic mass is 10.1. The van der Waals surface area contributed by atoms with Crippen molar-refractivity contribution < 1.29 is 13.2 Å². The van der Waals surface area contributed by atoms with Gasteiger partial charge in [0.2, 0.25) is 0 Å². The second-order valence-corrected chi connectivity index (χ2v) is 8.38. The van der Waals surface area contributed by atoms with Crippen LogP contribution in [0.2, 0.25) is 0 Å². The summed E-state index contributed by atoms with van der Waals surface area (Å²) in [5.41, 5.74) is 1.52. The summed E-state index contributed by atoms with van der Waals surface area (Å²) in [4.78, 5) is 16.1. The van der Waals surface area contributed by atoms with Gasteiger partial charge in [-0.15, -0.1) is 0 Å². The Bertz CT molecular complexity index is 764. The molecule has 2 fully saturated rings. The van der Waals surface area contributed by atoms with Gasteiger partial charge in [-0.05, 0) is 18.6 Å². The highest BCUT2D eigenvalue weighted by Gasteiger charge is 2.31. The fourth-order valence-electron chi connectivity index (χ4n) is 3.17. The molecule has 1 aromatic rings. The largest absolute Gasteiger partial charge is 0.367 e. The molecular formula is C16H20N4O3S. The van der Waals surface area contributed by atoms with Gasteiger partial charge in [-0.3, -0.25) is 0 Å². The Balaban J connectivity index is 1.55. The van der Waals surface area contributed by atoms with Gasteiger partial charge in [0, 0.05) is 32.2 Å². The van der Waals surface area contributed by atoms with Crippen LogP contribution >= 0.6 is 0 Å². The smallest absolute Gasteiger partial charge is 0.317 e. The normalized spacial score (nSPS) is 22.9. The third-order valence-corrected chi connectivity index (χ3v) is 6.26. The average Bonchev–Trinajstić information content (AvgIpc) is 2.93. The molecule has 0 aliphatic carbocycles. The molecule has 2 amide bonds. The summed E-state index contributed by atoms with van der Waals surface area (Å²) in [5.74, 6) is 0.185. The highest BCUT2D eigenvalue weighted by molar-refractivity contribution is 7.91. The first-order valence-corrected chi connectivity index (χ1v) is 9.80. The lowest BCUT2D eigenvalue weighted by molar-refractivity contribution is 0.191. The highest BCUT2D eigenvalue weighted by atomic mass is 32.2. The molecule has 2 saturated heterocycles. The third kappa shape index (κ3) is 3.62. The Kier molecular flexibility index (Phi) is 4.62. The molecule has 0 radical (unpaired) electrons. The van der Waals surface area contributed by atoms with Crippen molar-refractivity contribution in [2.24, 2.45) is 0 Å². The molecule has 0 spiro atoms. The summed E-state index contributed by atoms with van der Waals surface area (Å²) in [6.45, 7) is 2.39. The Morgan fingerprint density at radius 3 is 2.54 bits per heavy atom. The molecule has 128 valence electrons. The van der Waals surface area contributed by atoms with Gasteiger partial charge >= 0.3 is 6.03 Å². The maximum absolute atomic E-state index is 12.3. The SMILES string of the molecule is N#Cc1ccccc1N1CCN(C(=O)NC2CCS(=O)(=O)C2)CC1. The number of sulfone groups is 1. The number of hydrogen-bond donors (Lipinski definition) is 1. The zero-order chi connectivity index (χ0) is 17.2. The van der Waals surface area contributed by atoms with Crippen molar-refractivity contribution in [1.82, 2.24) is 10.2 Å². The first-order valence-electron chi connectivity index (χ1n) is 7.98. The Morgan fingerprint density at radius 1 is 1.21 bits per heavy atom. The van der Waals surface area contributed by atoms with Gasteiger partial charge in [0.15, 0.2) is 9.84 Å². The fraction of sp³-hybridized carbons (Fsp3) is 0.500. The number of para-hydroxylation sites is 1. The maximum atomic E-state index is 12.3. The van der Waals surface area contributed by atoms with Crippen molar-refractivity contribution in [2.75, 3.05) is 42.6 Å². The molecule has 24 heavy (non-hydrogen) atoms. The van der Waals surface area contributed by atoms with Crippen LogP contribution in [-0.2, 0) is 9.84 Å². The molecule has 1 N–H and O–H groups in total. The molecule has 2 heterocycles. The van der Waals surface area contributed by atoms with E-state index in [1.165, 1.54) is 0 Å². The highest BCUT2D eigenvalue weighted by Crippen LogP contribution is 2.21. The standard InChI is InChI=1S/C16H20N4O3S/c17-11-13-3-1-2-4-15(13)19-6-8-20(9-7-19)16(21)18-14-5-10-24(22,23)12-14/h1-4,14H,5-10,12H2,(H,18,21). The number of carbonyl (C=O) groups excluding carboxylic acids is 1. The van der Waals surface area contributed by atoms with Gasteiger partial charge in [-0.1, -0.05) is 12.1 Å². The molecule has 0 saturated carbocycles. The fourth-order valence-corrected chi connectivity index (χ4v) is 4.84. The maximum Gasteiger partial charge on any atom is 0.317 e. The molecule has 3 rings (SSSR count). The lowest BCUT2D eigenvalue weighted by Crippen LogP contribution is -2.53. The van der Waals surface area contributed by atoms with Crippen molar-refractivity contribution in [3.05, 3.63) is 29.8 Å². The van der Waals surface area contributed by atoms with Crippen LogP contribution in [0.3, 0.4) is 0 Å². The zero-order valence-electron chi connectivity index (χ0n) is 13.3. The number of nitrogens with zero attached hydrogens (tertiary/aromatic N) is 3. The van der Waals surface area contributed by atoms with Gasteiger partial charge in [0.1, 0.15) is 6.07 Å². The van der Waals surface area contributed by atoms with Crippen molar-refractivity contribution in [2.45, 2.75) is 12.5 Å². The second-order valence-electron chi connectivity index (χ2n) is 6.15. The first kappa shape index (κ1) is 16.6. The Morgan fingerprint density at radius 2 is 1.92 bits per heavy atom. The van der Waals surface area contributed by atoms with Crippen LogP contribution in [-0.4, -0.2) is 63.1 Å². The summed E-state index contributed by atoms with van der Waals surface area (Å²) in [7, 11) is -3.00. The predicted molar refractivity (Wildman–Crippen MR) is 90.5 cm³/mol. The number of benzene rings is 1. The number of hydrogen-bond acceptors (Lipinski definition) is 5. The number of urea groups is 1. The van der Waals surface area contributed by atoms with E-state index in [9.17, 15) is 18.5 Å². The molecule has 8 heteroatoms. The van der Waals surface area contributed by atoms with E-state index in [2.05, 4.69) is 16.3 Å². The number of piperazine rings is 1. The van der Waals surface area contributed by atoms with Crippen LogP contribution in [0.5, 0.6) is 0 Å². The molecule has 2 aliphatic rings. The van der Waals surface area contributed by atoms with Crippen LogP contribution in [0.4, 0.5) is 10.5 Å². The van der Waals surface area contributed by atoms with Crippen LogP contribution < -0.4 is 10.2 Å². The minimum atomic E-state index is -3.00. The van der Waals surface area contributed by atoms with E-state index in [0.29, 0.717) is 38.2 Å². The van der Waals surface area contributed by atoms with Gasteiger partial charge in [0.25, 0.3) is 0 Å². The summed E-state index contributed by atoms with van der Waals surface area (Å²) >= 11 is 0. The Hall–Kier alpha value is -2.27. The topological polar surface area (TPSA) is 93.5 Å². The molecule has 1 unspecified atom stereocenters. The number of carbonyl (C=O) groups is 1. The number of anilines is 1. The zero-order valence-corrected chi connectivity index (χ0v) is 14.1. The quantitative estimate of drug-likeness (QED) is 0.844. The van der Waals surface area contributed by atoms with Gasteiger partial charge < -0.3 is 15.1 Å². The monoisotopic (exact) mass is 348 g/mol. The molecule has 2 aliphatic heterocycles. The van der Waals surface area contributed by atoms with Crippen LogP contribution in [0.15, 0.2) is 24.3 Å². The van der Waals surface area contributed by atoms with Crippen molar-refractivity contribution >= 4 is 21.6 Å². The first-order chi connectivity index (χ1) is 11.5. The van der Waals surface area contributed by atoms with E-state index in [4.69, 9.17) is 0 Å². The van der Waals surface area contributed by atoms with Crippen LogP contribution in [0.1, 0.15) is 12.0 Å². The van der Waals surface area contributed by atoms with E-state index < -0.39 is 9.84 Å². The third-order valence-electron chi connectivity index (χ3n) is 4.49. The second kappa shape index (κ2) is 6.69. The van der Waals surface area contributed by atoms with Gasteiger partial charge in [0.05, 0.1) is 22.8 Å². The van der Waals surface area contributed by atoms with Crippen molar-refractivity contribution in [1.29, 1.82) is 5.26 Å². The number of nitriles is 1. The van der Waals surface area contributed by atoms with Gasteiger partial charge in [-0.25, -0.2) is 13.2 Å². The minimum absolute atomic E-state index is 0.0360. The minimum Gasteiger partial charge on any atom is -0.367 e. The molecule has 1 atom stereocenters. The van der Waals surface area contributed by atoms with Crippen LogP contribution in [0.25, 0.3) is 0 Å². The summed E-state index contributed by atoms with van der Waals surface area (Å²) < 4.78 is 22.9. The summed E-state index contributed by atoms with van der Waals surface area (Å²) in [6.07, 6.45) is 0.490. The molecular weight excluding hydrogens is 328 g/mol.